The van der Waals surface area contributed by atoms with Crippen molar-refractivity contribution in [2.45, 2.75) is 20.1 Å². The van der Waals surface area contributed by atoms with Gasteiger partial charge in [-0.1, -0.05) is 0 Å². The molecule has 0 amide bonds. The Kier molecular flexibility index (Phi) is 7.10. The van der Waals surface area contributed by atoms with Crippen molar-refractivity contribution in [2.24, 2.45) is 0 Å². The molecular formula is C6H11InO4. The fraction of sp³-hybridized carbons (Fsp3) is 0.833. The SMILES string of the molecule is CCOC(OCC)C(=O)[O][In]. The van der Waals surface area contributed by atoms with Crippen molar-refractivity contribution in [3.8, 4) is 0 Å². The quantitative estimate of drug-likeness (QED) is 0.655. The summed E-state index contributed by atoms with van der Waals surface area (Å²) < 4.78 is 14.5. The Morgan fingerprint density at radius 3 is 2.09 bits per heavy atom. The number of carbonyl (C=O) groups is 1. The molecule has 0 aromatic carbocycles. The minimum absolute atomic E-state index is 0.434. The topological polar surface area (TPSA) is 44.8 Å². The molecule has 0 aliphatic carbocycles. The molecule has 0 N–H and O–H groups in total. The normalized spacial score (nSPS) is 10.1. The molecule has 0 spiro atoms. The molecule has 0 saturated heterocycles. The average molecular weight is 262 g/mol. The van der Waals surface area contributed by atoms with Crippen molar-refractivity contribution in [1.82, 2.24) is 0 Å². The zero-order valence-electron chi connectivity index (χ0n) is 6.70. The van der Waals surface area contributed by atoms with E-state index in [0.29, 0.717) is 38.0 Å². The van der Waals surface area contributed by atoms with Gasteiger partial charge in [-0.25, -0.2) is 0 Å². The Balaban J connectivity index is 3.76. The monoisotopic (exact) mass is 262 g/mol. The molecule has 5 heteroatoms. The zero-order chi connectivity index (χ0) is 8.69. The summed E-state index contributed by atoms with van der Waals surface area (Å²) in [5, 5.41) is 0. The summed E-state index contributed by atoms with van der Waals surface area (Å²) in [5.41, 5.74) is 0. The molecule has 11 heavy (non-hydrogen) atoms. The van der Waals surface area contributed by atoms with Crippen molar-refractivity contribution >= 4 is 30.8 Å². The molecule has 0 unspecified atom stereocenters. The number of carbonyl (C=O) groups excluding carboxylic acids is 1. The van der Waals surface area contributed by atoms with E-state index in [0.717, 1.165) is 0 Å². The summed E-state index contributed by atoms with van der Waals surface area (Å²) in [6.45, 7) is 4.48. The summed E-state index contributed by atoms with van der Waals surface area (Å²) in [6, 6.07) is 0. The van der Waals surface area contributed by atoms with Gasteiger partial charge in [0.05, 0.1) is 0 Å². The van der Waals surface area contributed by atoms with Crippen LogP contribution in [0.4, 0.5) is 0 Å². The predicted molar refractivity (Wildman–Crippen MR) is 38.9 cm³/mol. The maximum absolute atomic E-state index is 10.9. The third-order valence-corrected chi connectivity index (χ3v) is 1.61. The van der Waals surface area contributed by atoms with Crippen LogP contribution >= 0.6 is 0 Å². The molecule has 0 aliphatic heterocycles. The number of rotatable bonds is 5. The van der Waals surface area contributed by atoms with Crippen LogP contribution in [-0.4, -0.2) is 50.3 Å². The van der Waals surface area contributed by atoms with Gasteiger partial charge in [0, 0.05) is 0 Å². The van der Waals surface area contributed by atoms with Crippen LogP contribution in [0.3, 0.4) is 0 Å². The summed E-state index contributed by atoms with van der Waals surface area (Å²) in [4.78, 5) is 10.9. The Hall–Kier alpha value is 0.260. The summed E-state index contributed by atoms with van der Waals surface area (Å²) in [7, 11) is 0. The molecule has 0 saturated carbocycles. The van der Waals surface area contributed by atoms with E-state index >= 15 is 0 Å². The zero-order valence-corrected chi connectivity index (χ0v) is 10.00. The van der Waals surface area contributed by atoms with Crippen molar-refractivity contribution in [2.75, 3.05) is 13.2 Å². The van der Waals surface area contributed by atoms with Crippen LogP contribution in [0.15, 0.2) is 0 Å². The van der Waals surface area contributed by atoms with E-state index in [1.807, 2.05) is 0 Å². The van der Waals surface area contributed by atoms with Gasteiger partial charge < -0.3 is 0 Å². The van der Waals surface area contributed by atoms with Gasteiger partial charge in [0.25, 0.3) is 0 Å². The third-order valence-electron chi connectivity index (χ3n) is 0.945. The van der Waals surface area contributed by atoms with E-state index in [-0.39, 0.29) is 0 Å². The molecule has 4 nitrogen and oxygen atoms in total. The van der Waals surface area contributed by atoms with E-state index in [9.17, 15) is 4.79 Å². The van der Waals surface area contributed by atoms with Gasteiger partial charge in [-0.3, -0.25) is 0 Å². The molecule has 2 radical (unpaired) electrons. The van der Waals surface area contributed by atoms with Gasteiger partial charge in [0.1, 0.15) is 0 Å². The van der Waals surface area contributed by atoms with Gasteiger partial charge in [-0.05, 0) is 0 Å². The van der Waals surface area contributed by atoms with Crippen molar-refractivity contribution in [3.05, 3.63) is 0 Å². The van der Waals surface area contributed by atoms with Crippen LogP contribution in [0, 0.1) is 0 Å². The molecule has 0 aromatic heterocycles. The Labute approximate surface area is 81.4 Å². The Morgan fingerprint density at radius 1 is 1.36 bits per heavy atom. The van der Waals surface area contributed by atoms with E-state index in [2.05, 4.69) is 2.85 Å². The van der Waals surface area contributed by atoms with Gasteiger partial charge >= 0.3 is 81.3 Å². The van der Waals surface area contributed by atoms with Gasteiger partial charge in [0.15, 0.2) is 0 Å². The summed E-state index contributed by atoms with van der Waals surface area (Å²) in [6.07, 6.45) is -0.833. The average Bonchev–Trinajstić information content (AvgIpc) is 2.03. The fourth-order valence-electron chi connectivity index (χ4n) is 0.543. The van der Waals surface area contributed by atoms with Crippen LogP contribution in [0.2, 0.25) is 0 Å². The molecular weight excluding hydrogens is 251 g/mol. The first-order chi connectivity index (χ1) is 5.26. The molecule has 62 valence electrons. The maximum atomic E-state index is 10.9. The van der Waals surface area contributed by atoms with Crippen LogP contribution < -0.4 is 0 Å². The van der Waals surface area contributed by atoms with Crippen LogP contribution in [0.5, 0.6) is 0 Å². The summed E-state index contributed by atoms with van der Waals surface area (Å²) >= 11 is 0.434. The molecule has 0 rings (SSSR count). The molecule has 0 atom stereocenters. The van der Waals surface area contributed by atoms with E-state index in [4.69, 9.17) is 9.47 Å². The Morgan fingerprint density at radius 2 is 1.82 bits per heavy atom. The molecule has 0 heterocycles. The number of hydrogen-bond acceptors (Lipinski definition) is 4. The van der Waals surface area contributed by atoms with Gasteiger partial charge in [-0.2, -0.15) is 0 Å². The molecule has 0 fully saturated rings. The van der Waals surface area contributed by atoms with Crippen LogP contribution in [0.25, 0.3) is 0 Å². The Bertz CT molecular complexity index is 111. The first-order valence-corrected chi connectivity index (χ1v) is 4.74. The minimum atomic E-state index is -0.833. The standard InChI is InChI=1S/C6H12O4.In/c1-3-9-6(5(7)8)10-4-2;/h6H,3-4H2,1-2H3,(H,7,8);/q;+1/p-1. The van der Waals surface area contributed by atoms with Crippen LogP contribution in [0.1, 0.15) is 13.8 Å². The second kappa shape index (κ2) is 6.94. The van der Waals surface area contributed by atoms with Crippen molar-refractivity contribution < 1.29 is 17.1 Å². The van der Waals surface area contributed by atoms with Crippen LogP contribution in [-0.2, 0) is 17.1 Å². The predicted octanol–water partition coefficient (Wildman–Crippen LogP) is 0.0122. The molecule has 0 aliphatic rings. The number of ether oxygens (including phenoxy) is 2. The first-order valence-electron chi connectivity index (χ1n) is 3.40. The number of hydrogen-bond donors (Lipinski definition) is 0. The van der Waals surface area contributed by atoms with Gasteiger partial charge in [-0.15, -0.1) is 0 Å². The van der Waals surface area contributed by atoms with E-state index < -0.39 is 12.3 Å². The summed E-state index contributed by atoms with van der Waals surface area (Å²) in [5.74, 6) is -0.434. The third kappa shape index (κ3) is 4.66. The van der Waals surface area contributed by atoms with E-state index in [1.165, 1.54) is 0 Å². The van der Waals surface area contributed by atoms with E-state index in [1.54, 1.807) is 13.8 Å². The fourth-order valence-corrected chi connectivity index (χ4v) is 0.860. The first kappa shape index (κ1) is 11.3. The second-order valence-electron chi connectivity index (χ2n) is 1.68. The van der Waals surface area contributed by atoms with Crippen molar-refractivity contribution in [3.63, 3.8) is 0 Å². The molecule has 0 bridgehead atoms. The molecule has 0 aromatic rings. The second-order valence-corrected chi connectivity index (χ2v) is 2.35. The van der Waals surface area contributed by atoms with Crippen molar-refractivity contribution in [1.29, 1.82) is 0 Å². The van der Waals surface area contributed by atoms with Gasteiger partial charge in [0.2, 0.25) is 0 Å².